The molecule has 1 aliphatic carbocycles. The fraction of sp³-hybridized carbons (Fsp3) is 0.538. The Labute approximate surface area is 196 Å². The van der Waals surface area contributed by atoms with Gasteiger partial charge in [-0.2, -0.15) is 0 Å². The van der Waals surface area contributed by atoms with Gasteiger partial charge < -0.3 is 25.0 Å². The van der Waals surface area contributed by atoms with Crippen molar-refractivity contribution in [1.29, 1.82) is 0 Å². The molecule has 0 radical (unpaired) electrons. The van der Waals surface area contributed by atoms with Crippen LogP contribution in [-0.2, 0) is 20.9 Å². The molecule has 1 saturated heterocycles. The molecule has 0 spiro atoms. The highest BCUT2D eigenvalue weighted by Crippen LogP contribution is 2.48. The molecule has 1 atom stereocenters. The summed E-state index contributed by atoms with van der Waals surface area (Å²) >= 11 is 0. The Bertz CT molecular complexity index is 1010. The fourth-order valence-corrected chi connectivity index (χ4v) is 4.86. The highest BCUT2D eigenvalue weighted by molar-refractivity contribution is 5.83. The molecule has 1 aliphatic heterocycles. The highest BCUT2D eigenvalue weighted by Gasteiger charge is 2.34. The largest absolute Gasteiger partial charge is 0.396 e. The maximum Gasteiger partial charge on any atom is 0.225 e. The lowest BCUT2D eigenvalue weighted by Crippen LogP contribution is -2.54. The van der Waals surface area contributed by atoms with Gasteiger partial charge in [-0.1, -0.05) is 24.3 Å². The zero-order chi connectivity index (χ0) is 23.5. The van der Waals surface area contributed by atoms with E-state index in [1.54, 1.807) is 14.2 Å². The number of methoxy groups -OCH3 is 2. The Hall–Kier alpha value is -2.64. The lowest BCUT2D eigenvalue weighted by molar-refractivity contribution is -0.134. The summed E-state index contributed by atoms with van der Waals surface area (Å²) in [7, 11) is 3.35. The van der Waals surface area contributed by atoms with Crippen molar-refractivity contribution in [3.8, 4) is 11.1 Å². The minimum absolute atomic E-state index is 0.0936. The SMILES string of the molecule is COCCC(=O)N1CCN(c2nc(C3CC3)c(-c3ccccc3COC)c(C)c2N)C[C@H]1C. The Morgan fingerprint density at radius 1 is 1.18 bits per heavy atom. The van der Waals surface area contributed by atoms with E-state index < -0.39 is 0 Å². The van der Waals surface area contributed by atoms with Gasteiger partial charge in [-0.15, -0.1) is 0 Å². The van der Waals surface area contributed by atoms with E-state index in [0.29, 0.717) is 32.1 Å². The number of anilines is 2. The van der Waals surface area contributed by atoms with Crippen LogP contribution in [0, 0.1) is 6.92 Å². The molecule has 1 saturated carbocycles. The van der Waals surface area contributed by atoms with Crippen molar-refractivity contribution in [2.75, 3.05) is 51.1 Å². The average molecular weight is 453 g/mol. The van der Waals surface area contributed by atoms with E-state index in [0.717, 1.165) is 65.4 Å². The van der Waals surface area contributed by atoms with Gasteiger partial charge in [0.05, 0.1) is 31.0 Å². The van der Waals surface area contributed by atoms with Gasteiger partial charge in [-0.3, -0.25) is 4.79 Å². The summed E-state index contributed by atoms with van der Waals surface area (Å²) in [4.78, 5) is 21.9. The number of aromatic nitrogens is 1. The second-order valence-electron chi connectivity index (χ2n) is 9.22. The van der Waals surface area contributed by atoms with Gasteiger partial charge in [0.2, 0.25) is 5.91 Å². The molecule has 1 amide bonds. The van der Waals surface area contributed by atoms with Crippen LogP contribution in [0.15, 0.2) is 24.3 Å². The lowest BCUT2D eigenvalue weighted by atomic mass is 9.92. The highest BCUT2D eigenvalue weighted by atomic mass is 16.5. The van der Waals surface area contributed by atoms with Crippen LogP contribution in [0.2, 0.25) is 0 Å². The maximum absolute atomic E-state index is 12.5. The number of benzene rings is 1. The first-order chi connectivity index (χ1) is 16.0. The number of rotatable bonds is 8. The fourth-order valence-electron chi connectivity index (χ4n) is 4.86. The second-order valence-corrected chi connectivity index (χ2v) is 9.22. The lowest BCUT2D eigenvalue weighted by Gasteiger charge is -2.41. The third-order valence-electron chi connectivity index (χ3n) is 6.82. The molecule has 2 aromatic rings. The summed E-state index contributed by atoms with van der Waals surface area (Å²) in [6.07, 6.45) is 2.74. The van der Waals surface area contributed by atoms with Crippen LogP contribution in [0.1, 0.15) is 48.9 Å². The quantitative estimate of drug-likeness (QED) is 0.657. The van der Waals surface area contributed by atoms with E-state index in [4.69, 9.17) is 20.2 Å². The summed E-state index contributed by atoms with van der Waals surface area (Å²) in [6.45, 7) is 7.33. The molecule has 1 aromatic carbocycles. The third kappa shape index (κ3) is 4.84. The van der Waals surface area contributed by atoms with Gasteiger partial charge in [-0.25, -0.2) is 4.98 Å². The van der Waals surface area contributed by atoms with Crippen molar-refractivity contribution in [1.82, 2.24) is 9.88 Å². The molecule has 33 heavy (non-hydrogen) atoms. The number of piperazine rings is 1. The number of nitrogens with zero attached hydrogens (tertiary/aromatic N) is 3. The van der Waals surface area contributed by atoms with E-state index >= 15 is 0 Å². The van der Waals surface area contributed by atoms with E-state index in [2.05, 4.69) is 36.9 Å². The van der Waals surface area contributed by atoms with Gasteiger partial charge in [-0.05, 0) is 43.4 Å². The van der Waals surface area contributed by atoms with Crippen LogP contribution in [-0.4, -0.2) is 62.3 Å². The molecule has 2 N–H and O–H groups in total. The first kappa shape index (κ1) is 23.5. The minimum atomic E-state index is 0.0936. The molecule has 1 aromatic heterocycles. The molecule has 7 nitrogen and oxygen atoms in total. The van der Waals surface area contributed by atoms with Crippen LogP contribution in [0.4, 0.5) is 11.5 Å². The van der Waals surface area contributed by atoms with Gasteiger partial charge in [0.25, 0.3) is 0 Å². The van der Waals surface area contributed by atoms with Crippen molar-refractivity contribution in [2.24, 2.45) is 0 Å². The number of nitrogens with two attached hydrogens (primary N) is 1. The maximum atomic E-state index is 12.5. The smallest absolute Gasteiger partial charge is 0.225 e. The zero-order valence-corrected chi connectivity index (χ0v) is 20.3. The van der Waals surface area contributed by atoms with Crippen LogP contribution in [0.25, 0.3) is 11.1 Å². The average Bonchev–Trinajstić information content (AvgIpc) is 3.65. The summed E-state index contributed by atoms with van der Waals surface area (Å²) in [5.41, 5.74) is 13.2. The molecule has 4 rings (SSSR count). The number of carbonyl (C=O) groups excluding carboxylic acids is 1. The Kier molecular flexibility index (Phi) is 7.20. The number of ether oxygens (including phenoxy) is 2. The normalized spacial score (nSPS) is 18.6. The van der Waals surface area contributed by atoms with Gasteiger partial charge in [0.15, 0.2) is 5.82 Å². The Morgan fingerprint density at radius 2 is 1.94 bits per heavy atom. The van der Waals surface area contributed by atoms with Gasteiger partial charge in [0.1, 0.15) is 0 Å². The first-order valence-electron chi connectivity index (χ1n) is 11.9. The molecule has 178 valence electrons. The van der Waals surface area contributed by atoms with Crippen molar-refractivity contribution in [2.45, 2.75) is 51.7 Å². The van der Waals surface area contributed by atoms with Crippen LogP contribution >= 0.6 is 0 Å². The summed E-state index contributed by atoms with van der Waals surface area (Å²) in [5.74, 6) is 1.48. The standard InChI is InChI=1S/C26H36N4O3/c1-17-15-29(12-13-30(17)22(31)11-14-32-3)26-24(27)18(2)23(25(28-26)19-9-10-19)21-8-6-5-7-20(21)16-33-4/h5-8,17,19H,9-16,27H2,1-4H3/t17-/m1/s1. The summed E-state index contributed by atoms with van der Waals surface area (Å²) in [5, 5.41) is 0. The monoisotopic (exact) mass is 452 g/mol. The number of hydrogen-bond acceptors (Lipinski definition) is 6. The van der Waals surface area contributed by atoms with Crippen LogP contribution in [0.5, 0.6) is 0 Å². The molecule has 2 aliphatic rings. The molecule has 7 heteroatoms. The van der Waals surface area contributed by atoms with Gasteiger partial charge in [0, 0.05) is 51.4 Å². The first-order valence-corrected chi connectivity index (χ1v) is 11.9. The van der Waals surface area contributed by atoms with Crippen molar-refractivity contribution in [3.05, 3.63) is 41.1 Å². The summed E-state index contributed by atoms with van der Waals surface area (Å²) in [6, 6.07) is 8.47. The molecule has 2 fully saturated rings. The summed E-state index contributed by atoms with van der Waals surface area (Å²) < 4.78 is 10.5. The molecule has 0 unspecified atom stereocenters. The van der Waals surface area contributed by atoms with E-state index in [9.17, 15) is 4.79 Å². The Morgan fingerprint density at radius 3 is 2.61 bits per heavy atom. The number of hydrogen-bond donors (Lipinski definition) is 1. The Balaban J connectivity index is 1.66. The third-order valence-corrected chi connectivity index (χ3v) is 6.82. The van der Waals surface area contributed by atoms with Crippen molar-refractivity contribution < 1.29 is 14.3 Å². The van der Waals surface area contributed by atoms with E-state index in [-0.39, 0.29) is 11.9 Å². The van der Waals surface area contributed by atoms with Crippen LogP contribution < -0.4 is 10.6 Å². The topological polar surface area (TPSA) is 80.9 Å². The van der Waals surface area contributed by atoms with Crippen LogP contribution in [0.3, 0.4) is 0 Å². The molecule has 0 bridgehead atoms. The number of pyridine rings is 1. The van der Waals surface area contributed by atoms with Gasteiger partial charge >= 0.3 is 0 Å². The van der Waals surface area contributed by atoms with Crippen molar-refractivity contribution in [3.63, 3.8) is 0 Å². The molecular weight excluding hydrogens is 416 g/mol. The molecule has 2 heterocycles. The number of carbonyl (C=O) groups is 1. The molecular formula is C26H36N4O3. The predicted molar refractivity (Wildman–Crippen MR) is 131 cm³/mol. The zero-order valence-electron chi connectivity index (χ0n) is 20.3. The number of amides is 1. The van der Waals surface area contributed by atoms with Crippen molar-refractivity contribution >= 4 is 17.4 Å². The predicted octanol–water partition coefficient (Wildman–Crippen LogP) is 3.74. The van der Waals surface area contributed by atoms with E-state index in [1.807, 2.05) is 11.0 Å². The number of nitrogen functional groups attached to an aromatic ring is 1. The van der Waals surface area contributed by atoms with E-state index in [1.165, 1.54) is 0 Å². The second kappa shape index (κ2) is 10.1. The minimum Gasteiger partial charge on any atom is -0.396 e.